The molecule has 0 aromatic carbocycles. The van der Waals surface area contributed by atoms with Gasteiger partial charge in [-0.05, 0) is 38.4 Å². The number of hydrogen-bond donors (Lipinski definition) is 2. The van der Waals surface area contributed by atoms with Crippen LogP contribution in [-0.4, -0.2) is 30.1 Å². The number of rotatable bonds is 6. The van der Waals surface area contributed by atoms with Crippen LogP contribution in [0.4, 0.5) is 0 Å². The van der Waals surface area contributed by atoms with E-state index in [2.05, 4.69) is 10.3 Å². The SMILES string of the molecule is CCC(C)(CCN)NC(=O)c1cccnc1OC. The van der Waals surface area contributed by atoms with Gasteiger partial charge in [-0.15, -0.1) is 0 Å². The lowest BCUT2D eigenvalue weighted by molar-refractivity contribution is 0.0896. The molecule has 0 aliphatic heterocycles. The molecule has 1 unspecified atom stereocenters. The van der Waals surface area contributed by atoms with Crippen LogP contribution in [0.25, 0.3) is 0 Å². The first-order valence-electron chi connectivity index (χ1n) is 6.08. The monoisotopic (exact) mass is 251 g/mol. The van der Waals surface area contributed by atoms with Gasteiger partial charge in [-0.2, -0.15) is 0 Å². The lowest BCUT2D eigenvalue weighted by Gasteiger charge is -2.29. The third-order valence-corrected chi connectivity index (χ3v) is 3.10. The molecule has 0 saturated carbocycles. The number of amides is 1. The number of hydrogen-bond acceptors (Lipinski definition) is 4. The molecule has 0 aliphatic rings. The average molecular weight is 251 g/mol. The first kappa shape index (κ1) is 14.4. The molecule has 5 heteroatoms. The first-order chi connectivity index (χ1) is 8.56. The molecule has 5 nitrogen and oxygen atoms in total. The predicted molar refractivity (Wildman–Crippen MR) is 70.6 cm³/mol. The molecule has 0 radical (unpaired) electrons. The zero-order chi connectivity index (χ0) is 13.6. The summed E-state index contributed by atoms with van der Waals surface area (Å²) in [5.41, 5.74) is 5.71. The molecule has 1 rings (SSSR count). The second-order valence-corrected chi connectivity index (χ2v) is 4.47. The minimum atomic E-state index is -0.299. The minimum absolute atomic E-state index is 0.183. The molecule has 3 N–H and O–H groups in total. The summed E-state index contributed by atoms with van der Waals surface area (Å²) >= 11 is 0. The van der Waals surface area contributed by atoms with E-state index < -0.39 is 0 Å². The van der Waals surface area contributed by atoms with E-state index in [1.54, 1.807) is 18.3 Å². The molecular weight excluding hydrogens is 230 g/mol. The molecule has 0 saturated heterocycles. The van der Waals surface area contributed by atoms with Crippen molar-refractivity contribution in [2.75, 3.05) is 13.7 Å². The van der Waals surface area contributed by atoms with E-state index in [9.17, 15) is 4.79 Å². The molecule has 0 bridgehead atoms. The molecule has 1 aromatic heterocycles. The number of carbonyl (C=O) groups is 1. The first-order valence-corrected chi connectivity index (χ1v) is 6.08. The van der Waals surface area contributed by atoms with Gasteiger partial charge < -0.3 is 15.8 Å². The van der Waals surface area contributed by atoms with E-state index in [0.29, 0.717) is 18.0 Å². The van der Waals surface area contributed by atoms with Gasteiger partial charge in [-0.3, -0.25) is 4.79 Å². The van der Waals surface area contributed by atoms with Crippen LogP contribution in [0.2, 0.25) is 0 Å². The molecule has 1 atom stereocenters. The summed E-state index contributed by atoms with van der Waals surface area (Å²) in [6.07, 6.45) is 3.14. The van der Waals surface area contributed by atoms with Gasteiger partial charge in [0.15, 0.2) is 0 Å². The highest BCUT2D eigenvalue weighted by atomic mass is 16.5. The molecular formula is C13H21N3O2. The van der Waals surface area contributed by atoms with Crippen molar-refractivity contribution in [1.82, 2.24) is 10.3 Å². The maximum atomic E-state index is 12.2. The van der Waals surface area contributed by atoms with Crippen LogP contribution in [-0.2, 0) is 0 Å². The highest BCUT2D eigenvalue weighted by Crippen LogP contribution is 2.18. The van der Waals surface area contributed by atoms with Crippen molar-refractivity contribution in [3.8, 4) is 5.88 Å². The highest BCUT2D eigenvalue weighted by molar-refractivity contribution is 5.96. The third kappa shape index (κ3) is 3.43. The van der Waals surface area contributed by atoms with Crippen LogP contribution in [0.1, 0.15) is 37.0 Å². The molecule has 1 heterocycles. The van der Waals surface area contributed by atoms with E-state index in [-0.39, 0.29) is 11.4 Å². The van der Waals surface area contributed by atoms with Crippen molar-refractivity contribution >= 4 is 5.91 Å². The number of methoxy groups -OCH3 is 1. The van der Waals surface area contributed by atoms with E-state index in [0.717, 1.165) is 12.8 Å². The summed E-state index contributed by atoms with van der Waals surface area (Å²) in [7, 11) is 1.50. The number of nitrogens with zero attached hydrogens (tertiary/aromatic N) is 1. The maximum absolute atomic E-state index is 12.2. The molecule has 1 aromatic rings. The van der Waals surface area contributed by atoms with Crippen molar-refractivity contribution in [3.63, 3.8) is 0 Å². The lowest BCUT2D eigenvalue weighted by Crippen LogP contribution is -2.46. The van der Waals surface area contributed by atoms with Crippen LogP contribution in [0.3, 0.4) is 0 Å². The Labute approximate surface area is 108 Å². The number of aromatic nitrogens is 1. The van der Waals surface area contributed by atoms with Gasteiger partial charge in [0.05, 0.1) is 7.11 Å². The number of nitrogens with one attached hydrogen (secondary N) is 1. The fourth-order valence-electron chi connectivity index (χ4n) is 1.71. The topological polar surface area (TPSA) is 77.2 Å². The van der Waals surface area contributed by atoms with Crippen molar-refractivity contribution in [3.05, 3.63) is 23.9 Å². The predicted octanol–water partition coefficient (Wildman–Crippen LogP) is 1.34. The van der Waals surface area contributed by atoms with Crippen LogP contribution in [0, 0.1) is 0 Å². The quantitative estimate of drug-likeness (QED) is 0.799. The number of pyridine rings is 1. The number of ether oxygens (including phenoxy) is 1. The minimum Gasteiger partial charge on any atom is -0.480 e. The standard InChI is InChI=1S/C13H21N3O2/c1-4-13(2,7-8-14)16-11(17)10-6-5-9-15-12(10)18-3/h5-6,9H,4,7-8,14H2,1-3H3,(H,16,17). The molecule has 100 valence electrons. The Morgan fingerprint density at radius 2 is 2.33 bits per heavy atom. The summed E-state index contributed by atoms with van der Waals surface area (Å²) in [5.74, 6) is 0.152. The summed E-state index contributed by atoms with van der Waals surface area (Å²) < 4.78 is 5.08. The Morgan fingerprint density at radius 3 is 2.89 bits per heavy atom. The van der Waals surface area contributed by atoms with E-state index in [4.69, 9.17) is 10.5 Å². The van der Waals surface area contributed by atoms with Gasteiger partial charge in [-0.1, -0.05) is 6.92 Å². The number of carbonyl (C=O) groups excluding carboxylic acids is 1. The average Bonchev–Trinajstić information content (AvgIpc) is 2.38. The van der Waals surface area contributed by atoms with E-state index >= 15 is 0 Å². The van der Waals surface area contributed by atoms with Crippen LogP contribution in [0.15, 0.2) is 18.3 Å². The third-order valence-electron chi connectivity index (χ3n) is 3.10. The summed E-state index contributed by atoms with van der Waals surface area (Å²) in [5, 5.41) is 3.00. The van der Waals surface area contributed by atoms with Crippen molar-refractivity contribution in [2.45, 2.75) is 32.2 Å². The normalized spacial score (nSPS) is 13.8. The lowest BCUT2D eigenvalue weighted by atomic mass is 9.94. The smallest absolute Gasteiger partial charge is 0.257 e. The van der Waals surface area contributed by atoms with Crippen LogP contribution >= 0.6 is 0 Å². The molecule has 0 fully saturated rings. The van der Waals surface area contributed by atoms with Gasteiger partial charge in [-0.25, -0.2) is 4.98 Å². The number of nitrogens with two attached hydrogens (primary N) is 1. The van der Waals surface area contributed by atoms with Gasteiger partial charge >= 0.3 is 0 Å². The highest BCUT2D eigenvalue weighted by Gasteiger charge is 2.25. The summed E-state index contributed by atoms with van der Waals surface area (Å²) in [6, 6.07) is 3.41. The largest absolute Gasteiger partial charge is 0.480 e. The fourth-order valence-corrected chi connectivity index (χ4v) is 1.71. The van der Waals surface area contributed by atoms with Crippen LogP contribution in [0.5, 0.6) is 5.88 Å². The zero-order valence-electron chi connectivity index (χ0n) is 11.2. The van der Waals surface area contributed by atoms with E-state index in [1.807, 2.05) is 13.8 Å². The second kappa shape index (κ2) is 6.35. The van der Waals surface area contributed by atoms with Crippen molar-refractivity contribution in [1.29, 1.82) is 0 Å². The fraction of sp³-hybridized carbons (Fsp3) is 0.538. The van der Waals surface area contributed by atoms with E-state index in [1.165, 1.54) is 7.11 Å². The van der Waals surface area contributed by atoms with Crippen molar-refractivity contribution in [2.24, 2.45) is 5.73 Å². The van der Waals surface area contributed by atoms with Gasteiger partial charge in [0, 0.05) is 11.7 Å². The molecule has 18 heavy (non-hydrogen) atoms. The summed E-state index contributed by atoms with van der Waals surface area (Å²) in [6.45, 7) is 4.55. The van der Waals surface area contributed by atoms with Gasteiger partial charge in [0.2, 0.25) is 5.88 Å². The van der Waals surface area contributed by atoms with Gasteiger partial charge in [0.1, 0.15) is 5.56 Å². The summed E-state index contributed by atoms with van der Waals surface area (Å²) in [4.78, 5) is 16.2. The molecule has 0 spiro atoms. The molecule has 1 amide bonds. The Bertz CT molecular complexity index is 409. The van der Waals surface area contributed by atoms with Crippen LogP contribution < -0.4 is 15.8 Å². The Hall–Kier alpha value is -1.62. The van der Waals surface area contributed by atoms with Crippen molar-refractivity contribution < 1.29 is 9.53 Å². The second-order valence-electron chi connectivity index (χ2n) is 4.47. The Morgan fingerprint density at radius 1 is 1.61 bits per heavy atom. The molecule has 0 aliphatic carbocycles. The Balaban J connectivity index is 2.87. The Kier molecular flexibility index (Phi) is 5.09. The zero-order valence-corrected chi connectivity index (χ0v) is 11.2. The maximum Gasteiger partial charge on any atom is 0.257 e. The van der Waals surface area contributed by atoms with Gasteiger partial charge in [0.25, 0.3) is 5.91 Å².